The Labute approximate surface area is 148 Å². The third kappa shape index (κ3) is 3.75. The molecule has 4 nitrogen and oxygen atoms in total. The van der Waals surface area contributed by atoms with Crippen LogP contribution in [0.2, 0.25) is 5.02 Å². The first-order valence-electron chi connectivity index (χ1n) is 7.19. The largest absolute Gasteiger partial charge is 0.544 e. The molecule has 1 aromatic heterocycles. The van der Waals surface area contributed by atoms with Crippen molar-refractivity contribution in [2.45, 2.75) is 13.5 Å². The van der Waals surface area contributed by atoms with Crippen molar-refractivity contribution >= 4 is 28.9 Å². The van der Waals surface area contributed by atoms with E-state index in [0.717, 1.165) is 28.2 Å². The molecule has 0 unspecified atom stereocenters. The summed E-state index contributed by atoms with van der Waals surface area (Å²) in [5.41, 5.74) is 2.35. The summed E-state index contributed by atoms with van der Waals surface area (Å²) >= 11 is 6.96. The summed E-state index contributed by atoms with van der Waals surface area (Å²) in [5.74, 6) is -0.443. The first-order valence-corrected chi connectivity index (χ1v) is 8.39. The first-order chi connectivity index (χ1) is 11.5. The molecule has 0 aliphatic heterocycles. The van der Waals surface area contributed by atoms with E-state index in [4.69, 9.17) is 16.3 Å². The lowest BCUT2D eigenvalue weighted by Crippen LogP contribution is -2.21. The molecule has 24 heavy (non-hydrogen) atoms. The Morgan fingerprint density at radius 2 is 1.83 bits per heavy atom. The Balaban J connectivity index is 1.70. The van der Waals surface area contributed by atoms with Crippen LogP contribution >= 0.6 is 22.9 Å². The van der Waals surface area contributed by atoms with E-state index in [-0.39, 0.29) is 4.88 Å². The summed E-state index contributed by atoms with van der Waals surface area (Å²) in [5, 5.41) is 12.3. The predicted molar refractivity (Wildman–Crippen MR) is 92.4 cm³/mol. The molecular formula is C18H13ClNO3S-. The van der Waals surface area contributed by atoms with Crippen molar-refractivity contribution in [1.82, 2.24) is 4.98 Å². The Morgan fingerprint density at radius 1 is 1.17 bits per heavy atom. The molecule has 3 aromatic rings. The second kappa shape index (κ2) is 7.03. The highest BCUT2D eigenvalue weighted by molar-refractivity contribution is 7.17. The molecule has 0 amide bonds. The van der Waals surface area contributed by atoms with Crippen LogP contribution in [0.25, 0.3) is 10.6 Å². The fourth-order valence-electron chi connectivity index (χ4n) is 2.15. The summed E-state index contributed by atoms with van der Waals surface area (Å²) in [6, 6.07) is 14.9. The number of aromatic carboxylic acids is 1. The number of aromatic nitrogens is 1. The smallest absolute Gasteiger partial charge is 0.124 e. The van der Waals surface area contributed by atoms with Gasteiger partial charge in [-0.15, -0.1) is 11.3 Å². The lowest BCUT2D eigenvalue weighted by Gasteiger charge is -2.06. The van der Waals surface area contributed by atoms with Gasteiger partial charge < -0.3 is 14.6 Å². The van der Waals surface area contributed by atoms with E-state index < -0.39 is 5.97 Å². The van der Waals surface area contributed by atoms with Gasteiger partial charge in [0.1, 0.15) is 17.4 Å². The maximum atomic E-state index is 11.0. The van der Waals surface area contributed by atoms with E-state index in [0.29, 0.717) is 22.3 Å². The van der Waals surface area contributed by atoms with Crippen molar-refractivity contribution in [2.24, 2.45) is 0 Å². The van der Waals surface area contributed by atoms with Crippen molar-refractivity contribution in [3.8, 4) is 16.3 Å². The third-order valence-corrected chi connectivity index (χ3v) is 4.84. The highest BCUT2D eigenvalue weighted by Gasteiger charge is 2.10. The van der Waals surface area contributed by atoms with Crippen LogP contribution in [0.5, 0.6) is 5.75 Å². The van der Waals surface area contributed by atoms with Gasteiger partial charge in [0.25, 0.3) is 0 Å². The molecule has 0 saturated heterocycles. The highest BCUT2D eigenvalue weighted by atomic mass is 35.5. The van der Waals surface area contributed by atoms with E-state index >= 15 is 0 Å². The average Bonchev–Trinajstić information content (AvgIpc) is 2.97. The van der Waals surface area contributed by atoms with Crippen LogP contribution in [-0.2, 0) is 6.61 Å². The molecule has 0 radical (unpaired) electrons. The van der Waals surface area contributed by atoms with Crippen molar-refractivity contribution in [1.29, 1.82) is 0 Å². The van der Waals surface area contributed by atoms with Crippen LogP contribution in [0.15, 0.2) is 48.5 Å². The zero-order chi connectivity index (χ0) is 17.1. The lowest BCUT2D eigenvalue weighted by atomic mass is 10.1. The summed E-state index contributed by atoms with van der Waals surface area (Å²) in [6.07, 6.45) is 0. The lowest BCUT2D eigenvalue weighted by molar-refractivity contribution is -0.254. The van der Waals surface area contributed by atoms with Crippen LogP contribution in [-0.4, -0.2) is 11.0 Å². The van der Waals surface area contributed by atoms with Crippen LogP contribution in [0.4, 0.5) is 0 Å². The summed E-state index contributed by atoms with van der Waals surface area (Å²) in [7, 11) is 0. The second-order valence-corrected chi connectivity index (χ2v) is 6.60. The molecule has 122 valence electrons. The number of carboxylic acids is 1. The molecule has 0 bridgehead atoms. The fraction of sp³-hybridized carbons (Fsp3) is 0.111. The van der Waals surface area contributed by atoms with E-state index in [9.17, 15) is 9.90 Å². The zero-order valence-corrected chi connectivity index (χ0v) is 14.4. The number of carbonyl (C=O) groups excluding carboxylic acids is 1. The SMILES string of the molecule is Cc1nc(-c2ccc(COc3ccc(Cl)cc3)cc2)sc1C(=O)[O-]. The fourth-order valence-corrected chi connectivity index (χ4v) is 3.18. The third-order valence-electron chi connectivity index (χ3n) is 3.40. The normalized spacial score (nSPS) is 10.6. The van der Waals surface area contributed by atoms with E-state index in [1.807, 2.05) is 36.4 Å². The van der Waals surface area contributed by atoms with Gasteiger partial charge >= 0.3 is 0 Å². The molecule has 3 rings (SSSR count). The van der Waals surface area contributed by atoms with Gasteiger partial charge in [0.2, 0.25) is 0 Å². The molecule has 6 heteroatoms. The van der Waals surface area contributed by atoms with Gasteiger partial charge in [-0.25, -0.2) is 4.98 Å². The number of benzene rings is 2. The van der Waals surface area contributed by atoms with E-state index in [2.05, 4.69) is 4.98 Å². The van der Waals surface area contributed by atoms with Crippen molar-refractivity contribution < 1.29 is 14.6 Å². The van der Waals surface area contributed by atoms with E-state index in [1.165, 1.54) is 0 Å². The Morgan fingerprint density at radius 3 is 2.42 bits per heavy atom. The number of halogens is 1. The van der Waals surface area contributed by atoms with Crippen molar-refractivity contribution in [3.05, 3.63) is 69.7 Å². The molecule has 2 aromatic carbocycles. The topological polar surface area (TPSA) is 62.2 Å². The number of hydrogen-bond donors (Lipinski definition) is 0. The molecule has 0 aliphatic rings. The summed E-state index contributed by atoms with van der Waals surface area (Å²) in [6.45, 7) is 2.10. The number of thiazole rings is 1. The van der Waals surface area contributed by atoms with Crippen molar-refractivity contribution in [3.63, 3.8) is 0 Å². The van der Waals surface area contributed by atoms with Gasteiger partial charge in [0.15, 0.2) is 0 Å². The number of ether oxygens (including phenoxy) is 1. The maximum absolute atomic E-state index is 11.0. The molecule has 0 N–H and O–H groups in total. The number of carboxylic acid groups (broad SMARTS) is 1. The number of hydrogen-bond acceptors (Lipinski definition) is 5. The van der Waals surface area contributed by atoms with Gasteiger partial charge in [0.05, 0.1) is 16.5 Å². The molecule has 1 heterocycles. The van der Waals surface area contributed by atoms with Gasteiger partial charge in [0, 0.05) is 10.6 Å². The summed E-state index contributed by atoms with van der Waals surface area (Å²) in [4.78, 5) is 15.5. The predicted octanol–water partition coefficient (Wildman–Crippen LogP) is 3.71. The number of rotatable bonds is 5. The van der Waals surface area contributed by atoms with Gasteiger partial charge in [-0.2, -0.15) is 0 Å². The monoisotopic (exact) mass is 358 g/mol. The quantitative estimate of drug-likeness (QED) is 0.697. The number of nitrogens with zero attached hydrogens (tertiary/aromatic N) is 1. The molecule has 0 spiro atoms. The van der Waals surface area contributed by atoms with Gasteiger partial charge in [-0.1, -0.05) is 35.9 Å². The molecular weight excluding hydrogens is 346 g/mol. The van der Waals surface area contributed by atoms with Gasteiger partial charge in [-0.05, 0) is 36.8 Å². The molecule has 0 fully saturated rings. The molecule has 0 aliphatic carbocycles. The minimum Gasteiger partial charge on any atom is -0.544 e. The van der Waals surface area contributed by atoms with Crippen LogP contribution < -0.4 is 9.84 Å². The Kier molecular flexibility index (Phi) is 4.83. The van der Waals surface area contributed by atoms with Gasteiger partial charge in [-0.3, -0.25) is 0 Å². The van der Waals surface area contributed by atoms with E-state index in [1.54, 1.807) is 19.1 Å². The average molecular weight is 359 g/mol. The summed E-state index contributed by atoms with van der Waals surface area (Å²) < 4.78 is 5.69. The Bertz CT molecular complexity index is 857. The molecule has 0 saturated carbocycles. The van der Waals surface area contributed by atoms with Crippen LogP contribution in [0, 0.1) is 6.92 Å². The minimum atomic E-state index is -1.19. The number of carbonyl (C=O) groups is 1. The number of aryl methyl sites for hydroxylation is 1. The van der Waals surface area contributed by atoms with Crippen LogP contribution in [0.3, 0.4) is 0 Å². The zero-order valence-electron chi connectivity index (χ0n) is 12.8. The van der Waals surface area contributed by atoms with Crippen LogP contribution in [0.1, 0.15) is 20.9 Å². The van der Waals surface area contributed by atoms with Crippen molar-refractivity contribution in [2.75, 3.05) is 0 Å². The first kappa shape index (κ1) is 16.5. The standard InChI is InChI=1S/C18H14ClNO3S/c1-11-16(18(21)22)24-17(20-11)13-4-2-12(3-5-13)10-23-15-8-6-14(19)7-9-15/h2-9H,10H2,1H3,(H,21,22)/p-1. The molecule has 0 atom stereocenters. The highest BCUT2D eigenvalue weighted by Crippen LogP contribution is 2.28. The Hall–Kier alpha value is -2.37. The second-order valence-electron chi connectivity index (χ2n) is 5.16. The minimum absolute atomic E-state index is 0.167. The maximum Gasteiger partial charge on any atom is 0.124 e.